The van der Waals surface area contributed by atoms with Gasteiger partial charge >= 0.3 is 6.09 Å². The summed E-state index contributed by atoms with van der Waals surface area (Å²) in [7, 11) is 0. The van der Waals surface area contributed by atoms with E-state index in [0.29, 0.717) is 18.5 Å². The predicted molar refractivity (Wildman–Crippen MR) is 99.3 cm³/mol. The Balaban J connectivity index is 1.87. The minimum Gasteiger partial charge on any atom is -0.444 e. The Labute approximate surface area is 151 Å². The lowest BCUT2D eigenvalue weighted by Gasteiger charge is -2.26. The summed E-state index contributed by atoms with van der Waals surface area (Å²) in [6.07, 6.45) is 3.05. The molecule has 5 heteroatoms. The molecule has 1 aliphatic rings. The maximum atomic E-state index is 11.9. The van der Waals surface area contributed by atoms with Crippen molar-refractivity contribution in [2.24, 2.45) is 5.92 Å². The molecule has 2 rings (SSSR count). The van der Waals surface area contributed by atoms with E-state index in [-0.39, 0.29) is 18.7 Å². The Bertz CT molecular complexity index is 568. The molecule has 5 nitrogen and oxygen atoms in total. The molecule has 1 saturated carbocycles. The third kappa shape index (κ3) is 6.33. The third-order valence-corrected chi connectivity index (χ3v) is 4.66. The van der Waals surface area contributed by atoms with Gasteiger partial charge < -0.3 is 20.5 Å². The van der Waals surface area contributed by atoms with Crippen LogP contribution in [0.4, 0.5) is 4.79 Å². The van der Waals surface area contributed by atoms with E-state index in [1.54, 1.807) is 0 Å². The number of amides is 1. The molecule has 3 atom stereocenters. The van der Waals surface area contributed by atoms with Crippen LogP contribution < -0.4 is 10.6 Å². The fraction of sp³-hybridized carbons (Fsp3) is 0.650. The number of benzene rings is 1. The maximum absolute atomic E-state index is 11.9. The Morgan fingerprint density at radius 3 is 2.80 bits per heavy atom. The SMILES string of the molecule is CC(NC1CCCC1CNC(=O)OC(C)(C)C)c1cccc(CO)c1. The number of carbonyl (C=O) groups is 1. The van der Waals surface area contributed by atoms with E-state index < -0.39 is 5.60 Å². The van der Waals surface area contributed by atoms with Crippen molar-refractivity contribution in [2.75, 3.05) is 6.54 Å². The first kappa shape index (κ1) is 19.7. The summed E-state index contributed by atoms with van der Waals surface area (Å²) in [5, 5.41) is 15.9. The lowest BCUT2D eigenvalue weighted by Crippen LogP contribution is -2.41. The molecule has 0 radical (unpaired) electrons. The first-order valence-electron chi connectivity index (χ1n) is 9.21. The molecular weight excluding hydrogens is 316 g/mol. The number of aliphatic hydroxyl groups excluding tert-OH is 1. The number of alkyl carbamates (subject to hydrolysis) is 1. The Kier molecular flexibility index (Phi) is 6.85. The first-order chi connectivity index (χ1) is 11.8. The van der Waals surface area contributed by atoms with E-state index in [2.05, 4.69) is 23.6 Å². The van der Waals surface area contributed by atoms with Crippen LogP contribution in [0.15, 0.2) is 24.3 Å². The van der Waals surface area contributed by atoms with Crippen LogP contribution in [-0.2, 0) is 11.3 Å². The summed E-state index contributed by atoms with van der Waals surface area (Å²) in [4.78, 5) is 11.9. The highest BCUT2D eigenvalue weighted by molar-refractivity contribution is 5.67. The fourth-order valence-electron chi connectivity index (χ4n) is 3.41. The van der Waals surface area contributed by atoms with E-state index in [0.717, 1.165) is 18.4 Å². The Hall–Kier alpha value is -1.59. The van der Waals surface area contributed by atoms with Gasteiger partial charge in [-0.25, -0.2) is 4.79 Å². The summed E-state index contributed by atoms with van der Waals surface area (Å²) in [6, 6.07) is 8.62. The zero-order valence-electron chi connectivity index (χ0n) is 15.8. The third-order valence-electron chi connectivity index (χ3n) is 4.66. The average molecular weight is 348 g/mol. The van der Waals surface area contributed by atoms with Gasteiger partial charge in [-0.3, -0.25) is 0 Å². The van der Waals surface area contributed by atoms with Crippen LogP contribution >= 0.6 is 0 Å². The van der Waals surface area contributed by atoms with Crippen LogP contribution in [0.25, 0.3) is 0 Å². The number of rotatable bonds is 6. The number of hydrogen-bond acceptors (Lipinski definition) is 4. The zero-order valence-corrected chi connectivity index (χ0v) is 15.8. The molecule has 0 aromatic heterocycles. The summed E-state index contributed by atoms with van der Waals surface area (Å²) in [5.41, 5.74) is 1.64. The highest BCUT2D eigenvalue weighted by atomic mass is 16.6. The molecule has 1 aromatic rings. The number of aliphatic hydroxyl groups is 1. The van der Waals surface area contributed by atoms with E-state index in [4.69, 9.17) is 4.74 Å². The molecule has 0 bridgehead atoms. The Morgan fingerprint density at radius 1 is 1.36 bits per heavy atom. The highest BCUT2D eigenvalue weighted by Gasteiger charge is 2.29. The standard InChI is InChI=1S/C20H32N2O3/c1-14(16-8-5-7-15(11-16)13-23)22-18-10-6-9-17(18)12-21-19(24)25-20(2,3)4/h5,7-8,11,14,17-18,22-23H,6,9-10,12-13H2,1-4H3,(H,21,24). The van der Waals surface area contributed by atoms with Crippen LogP contribution in [-0.4, -0.2) is 29.4 Å². The summed E-state index contributed by atoms with van der Waals surface area (Å²) in [6.45, 7) is 8.45. The van der Waals surface area contributed by atoms with Gasteiger partial charge in [-0.1, -0.05) is 30.7 Å². The van der Waals surface area contributed by atoms with Crippen LogP contribution in [0, 0.1) is 5.92 Å². The minimum absolute atomic E-state index is 0.0619. The van der Waals surface area contributed by atoms with Gasteiger partial charge in [0, 0.05) is 18.6 Å². The lowest BCUT2D eigenvalue weighted by molar-refractivity contribution is 0.0517. The average Bonchev–Trinajstić information content (AvgIpc) is 2.98. The second-order valence-corrected chi connectivity index (χ2v) is 7.97. The molecule has 3 N–H and O–H groups in total. The molecule has 0 spiro atoms. The van der Waals surface area contributed by atoms with Crippen molar-refractivity contribution in [1.82, 2.24) is 10.6 Å². The molecule has 1 aromatic carbocycles. The topological polar surface area (TPSA) is 70.6 Å². The molecule has 0 saturated heterocycles. The van der Waals surface area contributed by atoms with E-state index in [1.807, 2.05) is 39.0 Å². The molecule has 1 amide bonds. The number of hydrogen-bond donors (Lipinski definition) is 3. The van der Waals surface area contributed by atoms with E-state index in [1.165, 1.54) is 12.0 Å². The van der Waals surface area contributed by atoms with Gasteiger partial charge in [0.25, 0.3) is 0 Å². The van der Waals surface area contributed by atoms with Gasteiger partial charge in [0.15, 0.2) is 0 Å². The van der Waals surface area contributed by atoms with Crippen LogP contribution in [0.5, 0.6) is 0 Å². The number of ether oxygens (including phenoxy) is 1. The normalized spacial score (nSPS) is 21.8. The molecule has 0 heterocycles. The smallest absolute Gasteiger partial charge is 0.407 e. The van der Waals surface area contributed by atoms with Gasteiger partial charge in [0.2, 0.25) is 0 Å². The quantitative estimate of drug-likeness (QED) is 0.735. The lowest BCUT2D eigenvalue weighted by atomic mass is 10.00. The maximum Gasteiger partial charge on any atom is 0.407 e. The largest absolute Gasteiger partial charge is 0.444 e. The van der Waals surface area contributed by atoms with Crippen molar-refractivity contribution in [3.05, 3.63) is 35.4 Å². The van der Waals surface area contributed by atoms with Gasteiger partial charge in [0.1, 0.15) is 5.60 Å². The summed E-state index contributed by atoms with van der Waals surface area (Å²) >= 11 is 0. The van der Waals surface area contributed by atoms with Crippen molar-refractivity contribution >= 4 is 6.09 Å². The fourth-order valence-corrected chi connectivity index (χ4v) is 3.41. The predicted octanol–water partition coefficient (Wildman–Crippen LogP) is 3.52. The minimum atomic E-state index is -0.469. The van der Waals surface area contributed by atoms with Crippen LogP contribution in [0.2, 0.25) is 0 Å². The first-order valence-corrected chi connectivity index (χ1v) is 9.21. The van der Waals surface area contributed by atoms with E-state index in [9.17, 15) is 9.90 Å². The van der Waals surface area contributed by atoms with Crippen molar-refractivity contribution in [3.8, 4) is 0 Å². The van der Waals surface area contributed by atoms with Gasteiger partial charge in [-0.15, -0.1) is 0 Å². The van der Waals surface area contributed by atoms with Crippen molar-refractivity contribution in [3.63, 3.8) is 0 Å². The molecule has 0 aliphatic heterocycles. The van der Waals surface area contributed by atoms with Crippen LogP contribution in [0.1, 0.15) is 64.1 Å². The van der Waals surface area contributed by atoms with Crippen LogP contribution in [0.3, 0.4) is 0 Å². The molecular formula is C20H32N2O3. The Morgan fingerprint density at radius 2 is 2.12 bits per heavy atom. The summed E-state index contributed by atoms with van der Waals surface area (Å²) in [5.74, 6) is 0.413. The zero-order chi connectivity index (χ0) is 18.4. The van der Waals surface area contributed by atoms with Crippen molar-refractivity contribution in [1.29, 1.82) is 0 Å². The van der Waals surface area contributed by atoms with Gasteiger partial charge in [-0.05, 0) is 57.6 Å². The molecule has 1 aliphatic carbocycles. The van der Waals surface area contributed by atoms with E-state index >= 15 is 0 Å². The highest BCUT2D eigenvalue weighted by Crippen LogP contribution is 2.28. The molecule has 3 unspecified atom stereocenters. The van der Waals surface area contributed by atoms with Crippen molar-refractivity contribution in [2.45, 2.75) is 71.2 Å². The monoisotopic (exact) mass is 348 g/mol. The molecule has 140 valence electrons. The molecule has 1 fully saturated rings. The van der Waals surface area contributed by atoms with Gasteiger partial charge in [-0.2, -0.15) is 0 Å². The van der Waals surface area contributed by atoms with Gasteiger partial charge in [0.05, 0.1) is 6.61 Å². The summed E-state index contributed by atoms with van der Waals surface area (Å²) < 4.78 is 5.31. The van der Waals surface area contributed by atoms with Crippen molar-refractivity contribution < 1.29 is 14.6 Å². The number of nitrogens with one attached hydrogen (secondary N) is 2. The number of carbonyl (C=O) groups excluding carboxylic acids is 1. The molecule has 25 heavy (non-hydrogen) atoms. The second-order valence-electron chi connectivity index (χ2n) is 7.97. The second kappa shape index (κ2) is 8.68.